The maximum Gasteiger partial charge on any atom is 1.00 e. The van der Waals surface area contributed by atoms with Gasteiger partial charge in [0.25, 0.3) is 10.0 Å². The minimum Gasteiger partial charge on any atom is -0.735 e. The number of hydrogen-bond acceptors (Lipinski definition) is 7. The normalized spacial score (nSPS) is 12.0. The van der Waals surface area contributed by atoms with Crippen molar-refractivity contribution in [3.63, 3.8) is 0 Å². The number of pyridine rings is 1. The molecule has 0 atom stereocenters. The summed E-state index contributed by atoms with van der Waals surface area (Å²) >= 11 is 0. The number of phenolic OH excluding ortho intramolecular Hbond substituents is 1. The maximum atomic E-state index is 14.4. The van der Waals surface area contributed by atoms with Crippen molar-refractivity contribution in [1.82, 2.24) is 13.3 Å². The molecule has 0 aliphatic rings. The molecule has 2 aromatic heterocycles. The Morgan fingerprint density at radius 1 is 1.20 bits per heavy atom. The number of aromatic nitrogens is 2. The molecule has 154 valence electrons. The first-order chi connectivity index (χ1) is 13.5. The van der Waals surface area contributed by atoms with Crippen LogP contribution in [0, 0.1) is 5.82 Å². The van der Waals surface area contributed by atoms with E-state index in [1.807, 2.05) is 0 Å². The van der Waals surface area contributed by atoms with Crippen molar-refractivity contribution < 1.29 is 60.4 Å². The van der Waals surface area contributed by atoms with Gasteiger partial charge in [0.2, 0.25) is 0 Å². The second-order valence-electron chi connectivity index (χ2n) is 6.10. The summed E-state index contributed by atoms with van der Waals surface area (Å²) in [6, 6.07) is 7.15. The summed E-state index contributed by atoms with van der Waals surface area (Å²) in [5.74, 6) is -1.24. The number of nitrogens with zero attached hydrogens (tertiary/aromatic N) is 3. The van der Waals surface area contributed by atoms with Gasteiger partial charge in [0, 0.05) is 43.8 Å². The molecule has 0 saturated heterocycles. The van der Waals surface area contributed by atoms with Gasteiger partial charge in [-0.1, -0.05) is 0 Å². The quantitative estimate of drug-likeness (QED) is 0.349. The third kappa shape index (κ3) is 5.09. The Morgan fingerprint density at radius 3 is 2.47 bits per heavy atom. The van der Waals surface area contributed by atoms with E-state index in [-0.39, 0.29) is 57.0 Å². The summed E-state index contributed by atoms with van der Waals surface area (Å²) in [4.78, 5) is 3.59. The molecule has 0 bridgehead atoms. The largest absolute Gasteiger partial charge is 1.00 e. The summed E-state index contributed by atoms with van der Waals surface area (Å²) in [5.41, 5.74) is -0.117. The van der Waals surface area contributed by atoms with Crippen LogP contribution in [0.3, 0.4) is 0 Å². The molecule has 3 rings (SSSR count). The molecule has 13 heteroatoms. The molecule has 0 fully saturated rings. The van der Waals surface area contributed by atoms with Crippen LogP contribution in [-0.4, -0.2) is 46.8 Å². The zero-order valence-electron chi connectivity index (χ0n) is 15.9. The first-order valence-electron chi connectivity index (χ1n) is 8.03. The molecule has 1 N–H and O–H groups in total. The molecule has 3 aromatic rings. The van der Waals surface area contributed by atoms with Gasteiger partial charge in [-0.05, 0) is 35.9 Å². The van der Waals surface area contributed by atoms with Gasteiger partial charge in [-0.15, -0.1) is 0 Å². The van der Waals surface area contributed by atoms with E-state index < -0.39 is 32.7 Å². The first kappa shape index (κ1) is 24.5. The van der Waals surface area contributed by atoms with Crippen LogP contribution in [0.25, 0.3) is 11.3 Å². The van der Waals surface area contributed by atoms with Crippen molar-refractivity contribution in [3.05, 3.63) is 66.4 Å². The molecule has 1 aromatic carbocycles. The molecule has 9 nitrogen and oxygen atoms in total. The van der Waals surface area contributed by atoms with Crippen LogP contribution in [0.4, 0.5) is 4.39 Å². The van der Waals surface area contributed by atoms with Crippen LogP contribution in [0.2, 0.25) is 0 Å². The Bertz CT molecular complexity index is 1260. The number of halogens is 1. The number of benzene rings is 1. The van der Waals surface area contributed by atoms with Crippen molar-refractivity contribution in [2.75, 3.05) is 7.05 Å². The van der Waals surface area contributed by atoms with Gasteiger partial charge in [0.15, 0.2) is 10.3 Å². The van der Waals surface area contributed by atoms with Crippen LogP contribution in [0.15, 0.2) is 59.9 Å². The van der Waals surface area contributed by atoms with Gasteiger partial charge < -0.3 is 9.66 Å². The minimum absolute atomic E-state index is 0. The van der Waals surface area contributed by atoms with Crippen LogP contribution in [0.5, 0.6) is 5.75 Å². The molecule has 0 aliphatic carbocycles. The van der Waals surface area contributed by atoms with Crippen LogP contribution in [0.1, 0.15) is 5.56 Å². The van der Waals surface area contributed by atoms with Gasteiger partial charge in [0.05, 0.1) is 5.69 Å². The van der Waals surface area contributed by atoms with Gasteiger partial charge in [0.1, 0.15) is 16.5 Å². The molecule has 0 radical (unpaired) electrons. The fourth-order valence-corrected chi connectivity index (χ4v) is 4.30. The average molecular weight is 463 g/mol. The van der Waals surface area contributed by atoms with E-state index in [0.717, 1.165) is 29.5 Å². The Balaban J connectivity index is 0.00000320. The van der Waals surface area contributed by atoms with E-state index in [1.165, 1.54) is 36.5 Å². The Labute approximate surface area is 195 Å². The topological polar surface area (TPSA) is 133 Å². The molecule has 0 amide bonds. The van der Waals surface area contributed by atoms with Crippen LogP contribution in [-0.2, 0) is 26.9 Å². The van der Waals surface area contributed by atoms with E-state index in [0.29, 0.717) is 4.31 Å². The van der Waals surface area contributed by atoms with Gasteiger partial charge in [-0.25, -0.2) is 29.5 Å². The summed E-state index contributed by atoms with van der Waals surface area (Å²) in [7, 11) is -7.94. The van der Waals surface area contributed by atoms with E-state index in [9.17, 15) is 30.9 Å². The predicted molar refractivity (Wildman–Crippen MR) is 99.5 cm³/mol. The molecule has 0 saturated carbocycles. The van der Waals surface area contributed by atoms with Crippen molar-refractivity contribution in [2.24, 2.45) is 0 Å². The van der Waals surface area contributed by atoms with Crippen molar-refractivity contribution in [2.45, 2.75) is 11.4 Å². The Morgan fingerprint density at radius 2 is 1.90 bits per heavy atom. The third-order valence-electron chi connectivity index (χ3n) is 4.05. The SMILES string of the molecule is CN(Cc1cc(-c2ccc(O)cc2F)n(S(=O)(=O)c2cccnc2)c1)S(=O)(=O)[O-].[Na+]. The molecule has 0 unspecified atom stereocenters. The maximum absolute atomic E-state index is 14.4. The van der Waals surface area contributed by atoms with Crippen molar-refractivity contribution >= 4 is 20.3 Å². The van der Waals surface area contributed by atoms with E-state index >= 15 is 0 Å². The first-order valence-corrected chi connectivity index (χ1v) is 10.8. The monoisotopic (exact) mass is 463 g/mol. The molecular weight excluding hydrogens is 448 g/mol. The van der Waals surface area contributed by atoms with Crippen LogP contribution >= 0.6 is 0 Å². The summed E-state index contributed by atoms with van der Waals surface area (Å²) in [6.07, 6.45) is 3.60. The second kappa shape index (κ2) is 9.14. The summed E-state index contributed by atoms with van der Waals surface area (Å²) in [5, 5.41) is 9.42. The molecule has 0 spiro atoms. The zero-order chi connectivity index (χ0) is 21.4. The zero-order valence-corrected chi connectivity index (χ0v) is 19.6. The smallest absolute Gasteiger partial charge is 0.735 e. The molecule has 2 heterocycles. The number of hydrogen-bond donors (Lipinski definition) is 1. The fraction of sp³-hybridized carbons (Fsp3) is 0.118. The number of phenols is 1. The van der Waals surface area contributed by atoms with Gasteiger partial charge >= 0.3 is 29.6 Å². The average Bonchev–Trinajstić information content (AvgIpc) is 3.06. The summed E-state index contributed by atoms with van der Waals surface area (Å²) in [6.45, 7) is -0.423. The second-order valence-corrected chi connectivity index (χ2v) is 9.39. The molecular formula is C17H15FN3NaO6S2. The van der Waals surface area contributed by atoms with Crippen molar-refractivity contribution in [1.29, 1.82) is 0 Å². The van der Waals surface area contributed by atoms with E-state index in [2.05, 4.69) is 4.98 Å². The standard InChI is InChI=1S/C17H16FN3O6S2.Na/c1-20(29(25,26)27)10-12-7-17(15-5-4-13(22)8-16(15)18)21(11-12)28(23,24)14-3-2-6-19-9-14;/h2-9,11,22H,10H2,1H3,(H,25,26,27);/q;+1/p-1. The van der Waals surface area contributed by atoms with E-state index in [1.54, 1.807) is 0 Å². The third-order valence-corrected chi connectivity index (χ3v) is 6.60. The van der Waals surface area contributed by atoms with Crippen molar-refractivity contribution in [3.8, 4) is 17.0 Å². The van der Waals surface area contributed by atoms with Gasteiger partial charge in [-0.2, -0.15) is 0 Å². The number of rotatable bonds is 6. The Hall–Kier alpha value is -1.80. The Kier molecular flexibility index (Phi) is 7.45. The summed E-state index contributed by atoms with van der Waals surface area (Å²) < 4.78 is 75.3. The number of aromatic hydroxyl groups is 1. The van der Waals surface area contributed by atoms with Crippen LogP contribution < -0.4 is 29.6 Å². The molecule has 30 heavy (non-hydrogen) atoms. The molecule has 0 aliphatic heterocycles. The van der Waals surface area contributed by atoms with E-state index in [4.69, 9.17) is 0 Å². The predicted octanol–water partition coefficient (Wildman–Crippen LogP) is -1.47. The van der Waals surface area contributed by atoms with Gasteiger partial charge in [-0.3, -0.25) is 4.98 Å². The minimum atomic E-state index is -4.76. The fourth-order valence-electron chi connectivity index (χ4n) is 2.64.